The van der Waals surface area contributed by atoms with Crippen LogP contribution >= 0.6 is 0 Å². The highest BCUT2D eigenvalue weighted by Crippen LogP contribution is 2.35. The van der Waals surface area contributed by atoms with Crippen molar-refractivity contribution in [2.45, 2.75) is 64.4 Å². The molecule has 0 radical (unpaired) electrons. The first-order valence-corrected chi connectivity index (χ1v) is 7.99. The van der Waals surface area contributed by atoms with Gasteiger partial charge in [0.25, 0.3) is 0 Å². The minimum Gasteiger partial charge on any atom is -0.393 e. The molecule has 3 atom stereocenters. The second-order valence-electron chi connectivity index (χ2n) is 5.69. The van der Waals surface area contributed by atoms with Crippen LogP contribution in [0, 0.1) is 11.8 Å². The van der Waals surface area contributed by atoms with E-state index in [1.54, 1.807) is 0 Å². The van der Waals surface area contributed by atoms with Gasteiger partial charge in [0.05, 0.1) is 6.10 Å². The summed E-state index contributed by atoms with van der Waals surface area (Å²) in [6, 6.07) is 0. The Balaban J connectivity index is 2.34. The lowest BCUT2D eigenvalue weighted by atomic mass is 9.91. The van der Waals surface area contributed by atoms with Crippen molar-refractivity contribution >= 4 is 0 Å². The fourth-order valence-corrected chi connectivity index (χ4v) is 2.84. The first-order chi connectivity index (χ1) is 9.29. The van der Waals surface area contributed by atoms with Crippen LogP contribution < -0.4 is 5.73 Å². The van der Waals surface area contributed by atoms with E-state index in [0.717, 1.165) is 38.6 Å². The molecule has 0 aliphatic heterocycles. The van der Waals surface area contributed by atoms with Crippen molar-refractivity contribution < 1.29 is 5.11 Å². The van der Waals surface area contributed by atoms with E-state index in [0.29, 0.717) is 11.8 Å². The average molecular weight is 265 g/mol. The van der Waals surface area contributed by atoms with Crippen molar-refractivity contribution in [3.8, 4) is 0 Å². The number of aliphatic hydroxyl groups is 1. The molecule has 1 saturated carbocycles. The summed E-state index contributed by atoms with van der Waals surface area (Å²) in [5.74, 6) is 0.982. The highest BCUT2D eigenvalue weighted by Gasteiger charge is 2.31. The Hall–Kier alpha value is -0.600. The van der Waals surface area contributed by atoms with Gasteiger partial charge >= 0.3 is 0 Å². The van der Waals surface area contributed by atoms with E-state index in [-0.39, 0.29) is 6.10 Å². The van der Waals surface area contributed by atoms with Crippen LogP contribution in [0.25, 0.3) is 0 Å². The maximum atomic E-state index is 10.1. The van der Waals surface area contributed by atoms with E-state index in [2.05, 4.69) is 31.2 Å². The molecule has 0 aromatic rings. The van der Waals surface area contributed by atoms with E-state index < -0.39 is 0 Å². The molecule has 0 aromatic heterocycles. The van der Waals surface area contributed by atoms with Crippen LogP contribution in [0.2, 0.25) is 0 Å². The summed E-state index contributed by atoms with van der Waals surface area (Å²) in [6.45, 7) is 2.98. The molecule has 0 saturated heterocycles. The highest BCUT2D eigenvalue weighted by molar-refractivity contribution is 5.01. The van der Waals surface area contributed by atoms with Gasteiger partial charge in [-0.25, -0.2) is 0 Å². The van der Waals surface area contributed by atoms with Crippen LogP contribution in [0.3, 0.4) is 0 Å². The maximum Gasteiger partial charge on any atom is 0.0605 e. The van der Waals surface area contributed by atoms with E-state index >= 15 is 0 Å². The number of unbranched alkanes of at least 4 members (excludes halogenated alkanes) is 3. The van der Waals surface area contributed by atoms with Crippen molar-refractivity contribution in [2.75, 3.05) is 6.54 Å². The lowest BCUT2D eigenvalue weighted by Crippen LogP contribution is -2.16. The summed E-state index contributed by atoms with van der Waals surface area (Å²) in [7, 11) is 0. The Morgan fingerprint density at radius 1 is 1.11 bits per heavy atom. The van der Waals surface area contributed by atoms with Crippen molar-refractivity contribution in [3.63, 3.8) is 0 Å². The summed E-state index contributed by atoms with van der Waals surface area (Å²) in [4.78, 5) is 0. The van der Waals surface area contributed by atoms with Crippen LogP contribution in [0.15, 0.2) is 24.3 Å². The molecule has 1 fully saturated rings. The summed E-state index contributed by atoms with van der Waals surface area (Å²) in [5, 5.41) is 10.1. The van der Waals surface area contributed by atoms with Crippen LogP contribution in [-0.4, -0.2) is 17.8 Å². The van der Waals surface area contributed by atoms with Gasteiger partial charge in [-0.05, 0) is 51.0 Å². The molecule has 2 nitrogen and oxygen atoms in total. The summed E-state index contributed by atoms with van der Waals surface area (Å²) >= 11 is 0. The van der Waals surface area contributed by atoms with Crippen LogP contribution in [0.1, 0.15) is 58.3 Å². The molecule has 110 valence electrons. The minimum absolute atomic E-state index is 0.136. The zero-order chi connectivity index (χ0) is 13.9. The first kappa shape index (κ1) is 16.5. The summed E-state index contributed by atoms with van der Waals surface area (Å²) < 4.78 is 0. The topological polar surface area (TPSA) is 46.2 Å². The SMILES string of the molecule is CCCC/C=C\C[C@H]1CCC(O)C1/C=C/CCCN. The summed E-state index contributed by atoms with van der Waals surface area (Å²) in [5.41, 5.74) is 5.49. The van der Waals surface area contributed by atoms with Crippen LogP contribution in [0.4, 0.5) is 0 Å². The number of allylic oxidation sites excluding steroid dienone is 3. The number of nitrogens with two attached hydrogens (primary N) is 1. The Morgan fingerprint density at radius 2 is 1.89 bits per heavy atom. The molecule has 0 aromatic carbocycles. The molecular formula is C17H31NO. The second kappa shape index (κ2) is 10.2. The molecule has 1 aliphatic rings. The molecule has 3 N–H and O–H groups in total. The van der Waals surface area contributed by atoms with Gasteiger partial charge in [0, 0.05) is 5.92 Å². The first-order valence-electron chi connectivity index (χ1n) is 7.99. The maximum absolute atomic E-state index is 10.1. The number of hydrogen-bond donors (Lipinski definition) is 2. The lowest BCUT2D eigenvalue weighted by Gasteiger charge is -2.17. The fourth-order valence-electron chi connectivity index (χ4n) is 2.84. The molecule has 19 heavy (non-hydrogen) atoms. The molecule has 2 heteroatoms. The van der Waals surface area contributed by atoms with E-state index in [1.165, 1.54) is 19.3 Å². The van der Waals surface area contributed by atoms with Gasteiger partial charge < -0.3 is 10.8 Å². The highest BCUT2D eigenvalue weighted by atomic mass is 16.3. The average Bonchev–Trinajstić information content (AvgIpc) is 2.76. The van der Waals surface area contributed by atoms with Gasteiger partial charge in [0.1, 0.15) is 0 Å². The van der Waals surface area contributed by atoms with Gasteiger partial charge in [0.15, 0.2) is 0 Å². The zero-order valence-corrected chi connectivity index (χ0v) is 12.4. The third-order valence-electron chi connectivity index (χ3n) is 4.08. The predicted octanol–water partition coefficient (Wildman–Crippen LogP) is 3.81. The summed E-state index contributed by atoms with van der Waals surface area (Å²) in [6.07, 6.45) is 18.0. The van der Waals surface area contributed by atoms with Crippen LogP contribution in [-0.2, 0) is 0 Å². The number of aliphatic hydroxyl groups excluding tert-OH is 1. The monoisotopic (exact) mass is 265 g/mol. The predicted molar refractivity (Wildman–Crippen MR) is 82.9 cm³/mol. The molecule has 0 bridgehead atoms. The molecule has 1 rings (SSSR count). The Labute approximate surface area is 118 Å². The molecule has 2 unspecified atom stereocenters. The molecule has 1 aliphatic carbocycles. The lowest BCUT2D eigenvalue weighted by molar-refractivity contribution is 0.142. The van der Waals surface area contributed by atoms with Gasteiger partial charge in [-0.15, -0.1) is 0 Å². The largest absolute Gasteiger partial charge is 0.393 e. The number of rotatable bonds is 9. The van der Waals surface area contributed by atoms with Gasteiger partial charge in [-0.2, -0.15) is 0 Å². The van der Waals surface area contributed by atoms with Gasteiger partial charge in [0.2, 0.25) is 0 Å². The van der Waals surface area contributed by atoms with Crippen molar-refractivity contribution in [3.05, 3.63) is 24.3 Å². The van der Waals surface area contributed by atoms with Gasteiger partial charge in [-0.3, -0.25) is 0 Å². The van der Waals surface area contributed by atoms with E-state index in [1.807, 2.05) is 0 Å². The Bertz CT molecular complexity index is 272. The van der Waals surface area contributed by atoms with E-state index in [4.69, 9.17) is 5.73 Å². The standard InChI is InChI=1S/C17H31NO/c1-2-3-4-5-7-10-15-12-13-17(19)16(15)11-8-6-9-14-18/h5,7-8,11,15-17,19H,2-4,6,9-10,12-14,18H2,1H3/b7-5-,11-8+/t15-,16?,17?/m0/s1. The molecule has 0 spiro atoms. The van der Waals surface area contributed by atoms with Crippen molar-refractivity contribution in [1.82, 2.24) is 0 Å². The van der Waals surface area contributed by atoms with Crippen LogP contribution in [0.5, 0.6) is 0 Å². The fraction of sp³-hybridized carbons (Fsp3) is 0.765. The molecular weight excluding hydrogens is 234 g/mol. The Morgan fingerprint density at radius 3 is 2.63 bits per heavy atom. The zero-order valence-electron chi connectivity index (χ0n) is 12.4. The second-order valence-corrected chi connectivity index (χ2v) is 5.69. The molecule has 0 heterocycles. The Kier molecular flexibility index (Phi) is 8.85. The minimum atomic E-state index is -0.136. The van der Waals surface area contributed by atoms with E-state index in [9.17, 15) is 5.11 Å². The normalized spacial score (nSPS) is 27.8. The smallest absolute Gasteiger partial charge is 0.0605 e. The van der Waals surface area contributed by atoms with Gasteiger partial charge in [-0.1, -0.05) is 44.1 Å². The number of hydrogen-bond acceptors (Lipinski definition) is 2. The molecule has 0 amide bonds. The van der Waals surface area contributed by atoms with Crippen molar-refractivity contribution in [1.29, 1.82) is 0 Å². The van der Waals surface area contributed by atoms with Crippen molar-refractivity contribution in [2.24, 2.45) is 17.6 Å². The quantitative estimate of drug-likeness (QED) is 0.492. The third kappa shape index (κ3) is 6.40. The third-order valence-corrected chi connectivity index (χ3v) is 4.08.